The summed E-state index contributed by atoms with van der Waals surface area (Å²) in [6, 6.07) is 4.00. The molecule has 4 nitrogen and oxygen atoms in total. The number of likely N-dealkylation sites (tertiary alicyclic amines) is 2. The van der Waals surface area contributed by atoms with Crippen molar-refractivity contribution in [3.63, 3.8) is 0 Å². The second-order valence-electron chi connectivity index (χ2n) is 7.68. The topological polar surface area (TPSA) is 36.4 Å². The zero-order valence-electron chi connectivity index (χ0n) is 13.8. The highest BCUT2D eigenvalue weighted by molar-refractivity contribution is 5.81. The highest BCUT2D eigenvalue weighted by Gasteiger charge is 2.55. The van der Waals surface area contributed by atoms with Gasteiger partial charge in [-0.15, -0.1) is 0 Å². The molecule has 1 amide bonds. The quantitative estimate of drug-likeness (QED) is 0.852. The third kappa shape index (κ3) is 2.81. The third-order valence-corrected chi connectivity index (χ3v) is 5.95. The summed E-state index contributed by atoms with van der Waals surface area (Å²) in [5, 5.41) is 0. The Morgan fingerprint density at radius 3 is 2.83 bits per heavy atom. The first-order chi connectivity index (χ1) is 11.5. The minimum Gasteiger partial charge on any atom is -0.330 e. The largest absolute Gasteiger partial charge is 0.330 e. The number of nitrogens with zero attached hydrogens (tertiary/aromatic N) is 3. The van der Waals surface area contributed by atoms with Crippen LogP contribution in [0.1, 0.15) is 31.2 Å². The number of carbonyl (C=O) groups excluding carboxylic acids is 1. The molecule has 3 fully saturated rings. The van der Waals surface area contributed by atoms with Gasteiger partial charge in [0.15, 0.2) is 0 Å². The van der Waals surface area contributed by atoms with Crippen LogP contribution >= 0.6 is 0 Å². The van der Waals surface area contributed by atoms with Crippen LogP contribution in [0.2, 0.25) is 0 Å². The Labute approximate surface area is 140 Å². The SMILES string of the molecule is O=C(C1CCCC12CCN(Cc1cccnc1)C2)N1CC(F)(F)C1. The molecule has 2 unspecified atom stereocenters. The zero-order valence-corrected chi connectivity index (χ0v) is 13.8. The number of halogens is 2. The molecule has 2 saturated heterocycles. The van der Waals surface area contributed by atoms with Crippen LogP contribution in [0.5, 0.6) is 0 Å². The molecule has 1 spiro atoms. The average molecular weight is 335 g/mol. The molecule has 4 rings (SSSR count). The Morgan fingerprint density at radius 2 is 2.12 bits per heavy atom. The van der Waals surface area contributed by atoms with Gasteiger partial charge < -0.3 is 4.90 Å². The minimum atomic E-state index is -2.68. The van der Waals surface area contributed by atoms with Gasteiger partial charge in [0.25, 0.3) is 5.92 Å². The molecule has 0 aromatic carbocycles. The van der Waals surface area contributed by atoms with Crippen molar-refractivity contribution in [1.82, 2.24) is 14.8 Å². The fraction of sp³-hybridized carbons (Fsp3) is 0.667. The number of carbonyl (C=O) groups is 1. The van der Waals surface area contributed by atoms with Crippen LogP contribution in [0.15, 0.2) is 24.5 Å². The maximum atomic E-state index is 13.1. The second kappa shape index (κ2) is 5.76. The van der Waals surface area contributed by atoms with Crippen molar-refractivity contribution in [2.75, 3.05) is 26.2 Å². The van der Waals surface area contributed by atoms with Gasteiger partial charge in [0.1, 0.15) is 0 Å². The maximum absolute atomic E-state index is 13.1. The first-order valence-corrected chi connectivity index (χ1v) is 8.75. The van der Waals surface area contributed by atoms with Crippen molar-refractivity contribution in [2.24, 2.45) is 11.3 Å². The van der Waals surface area contributed by atoms with Crippen LogP contribution in [0, 0.1) is 11.3 Å². The number of hydrogen-bond donors (Lipinski definition) is 0. The van der Waals surface area contributed by atoms with Gasteiger partial charge in [0, 0.05) is 31.4 Å². The van der Waals surface area contributed by atoms with Gasteiger partial charge >= 0.3 is 0 Å². The van der Waals surface area contributed by atoms with Gasteiger partial charge in [-0.2, -0.15) is 0 Å². The van der Waals surface area contributed by atoms with Gasteiger partial charge in [0.05, 0.1) is 13.1 Å². The van der Waals surface area contributed by atoms with Gasteiger partial charge in [-0.3, -0.25) is 14.7 Å². The molecule has 3 aliphatic rings. The molecule has 130 valence electrons. The molecule has 2 atom stereocenters. The average Bonchev–Trinajstić information content (AvgIpc) is 3.13. The van der Waals surface area contributed by atoms with E-state index in [1.807, 2.05) is 12.3 Å². The van der Waals surface area contributed by atoms with Crippen molar-refractivity contribution >= 4 is 5.91 Å². The standard InChI is InChI=1S/C18H23F2N3O/c19-18(20)12-23(13-18)16(24)15-4-1-5-17(15)6-8-22(11-17)10-14-3-2-7-21-9-14/h2-3,7,9,15H,1,4-6,8,10-13H2. The van der Waals surface area contributed by atoms with E-state index in [1.54, 1.807) is 6.20 Å². The van der Waals surface area contributed by atoms with Crippen LogP contribution < -0.4 is 0 Å². The molecule has 3 heterocycles. The van der Waals surface area contributed by atoms with Crippen LogP contribution in [0.25, 0.3) is 0 Å². The number of amides is 1. The predicted octanol–water partition coefficient (Wildman–Crippen LogP) is 2.55. The highest BCUT2D eigenvalue weighted by atomic mass is 19.3. The van der Waals surface area contributed by atoms with E-state index in [-0.39, 0.29) is 17.2 Å². The van der Waals surface area contributed by atoms with Gasteiger partial charge in [0.2, 0.25) is 5.91 Å². The second-order valence-corrected chi connectivity index (χ2v) is 7.68. The summed E-state index contributed by atoms with van der Waals surface area (Å²) in [7, 11) is 0. The summed E-state index contributed by atoms with van der Waals surface area (Å²) in [5.41, 5.74) is 1.17. The molecule has 6 heteroatoms. The Bertz CT molecular complexity index is 616. The lowest BCUT2D eigenvalue weighted by Gasteiger charge is -2.42. The van der Waals surface area contributed by atoms with E-state index < -0.39 is 19.0 Å². The first-order valence-electron chi connectivity index (χ1n) is 8.75. The molecule has 0 N–H and O–H groups in total. The van der Waals surface area contributed by atoms with E-state index in [0.29, 0.717) is 0 Å². The fourth-order valence-corrected chi connectivity index (χ4v) is 4.77. The van der Waals surface area contributed by atoms with E-state index >= 15 is 0 Å². The minimum absolute atomic E-state index is 0.00975. The summed E-state index contributed by atoms with van der Waals surface area (Å²) >= 11 is 0. The molecule has 1 aromatic rings. The van der Waals surface area contributed by atoms with Gasteiger partial charge in [-0.05, 0) is 42.9 Å². The zero-order chi connectivity index (χ0) is 16.8. The normalized spacial score (nSPS) is 32.2. The monoisotopic (exact) mass is 335 g/mol. The van der Waals surface area contributed by atoms with Crippen molar-refractivity contribution in [3.8, 4) is 0 Å². The number of pyridine rings is 1. The number of rotatable bonds is 3. The predicted molar refractivity (Wildman–Crippen MR) is 85.4 cm³/mol. The van der Waals surface area contributed by atoms with Crippen LogP contribution in [-0.4, -0.2) is 52.8 Å². The van der Waals surface area contributed by atoms with E-state index in [1.165, 1.54) is 10.5 Å². The Hall–Kier alpha value is -1.56. The molecule has 2 aliphatic heterocycles. The van der Waals surface area contributed by atoms with Crippen LogP contribution in [0.3, 0.4) is 0 Å². The Kier molecular flexibility index (Phi) is 3.82. The molecule has 0 radical (unpaired) electrons. The summed E-state index contributed by atoms with van der Waals surface area (Å²) in [5.74, 6) is -2.79. The van der Waals surface area contributed by atoms with Crippen molar-refractivity contribution in [2.45, 2.75) is 38.2 Å². The van der Waals surface area contributed by atoms with Gasteiger partial charge in [-0.25, -0.2) is 8.78 Å². The van der Waals surface area contributed by atoms with E-state index in [2.05, 4.69) is 16.0 Å². The molecular formula is C18H23F2N3O. The molecule has 1 aromatic heterocycles. The summed E-state index contributed by atoms with van der Waals surface area (Å²) in [6.45, 7) is 1.92. The Balaban J connectivity index is 1.42. The number of hydrogen-bond acceptors (Lipinski definition) is 3. The van der Waals surface area contributed by atoms with Crippen molar-refractivity contribution in [1.29, 1.82) is 0 Å². The summed E-state index contributed by atoms with van der Waals surface area (Å²) < 4.78 is 26.2. The van der Waals surface area contributed by atoms with E-state index in [4.69, 9.17) is 0 Å². The fourth-order valence-electron chi connectivity index (χ4n) is 4.77. The third-order valence-electron chi connectivity index (χ3n) is 5.95. The first kappa shape index (κ1) is 15.9. The Morgan fingerprint density at radius 1 is 1.29 bits per heavy atom. The van der Waals surface area contributed by atoms with Crippen LogP contribution in [0.4, 0.5) is 8.78 Å². The van der Waals surface area contributed by atoms with Crippen molar-refractivity contribution in [3.05, 3.63) is 30.1 Å². The smallest absolute Gasteiger partial charge is 0.282 e. The molecule has 0 bridgehead atoms. The summed E-state index contributed by atoms with van der Waals surface area (Å²) in [6.07, 6.45) is 7.56. The molecule has 24 heavy (non-hydrogen) atoms. The van der Waals surface area contributed by atoms with Crippen molar-refractivity contribution < 1.29 is 13.6 Å². The van der Waals surface area contributed by atoms with E-state index in [0.717, 1.165) is 45.3 Å². The molecule has 1 saturated carbocycles. The number of aromatic nitrogens is 1. The lowest BCUT2D eigenvalue weighted by molar-refractivity contribution is -0.172. The van der Waals surface area contributed by atoms with E-state index in [9.17, 15) is 13.6 Å². The lowest BCUT2D eigenvalue weighted by atomic mass is 9.76. The van der Waals surface area contributed by atoms with Gasteiger partial charge in [-0.1, -0.05) is 12.5 Å². The molecule has 1 aliphatic carbocycles. The molecular weight excluding hydrogens is 312 g/mol. The highest BCUT2D eigenvalue weighted by Crippen LogP contribution is 2.51. The maximum Gasteiger partial charge on any atom is 0.282 e. The summed E-state index contributed by atoms with van der Waals surface area (Å²) in [4.78, 5) is 20.6. The van der Waals surface area contributed by atoms with Crippen LogP contribution in [-0.2, 0) is 11.3 Å². The lowest BCUT2D eigenvalue weighted by Crippen LogP contribution is -2.60. The number of alkyl halides is 2.